The molecule has 0 saturated carbocycles. The van der Waals surface area contributed by atoms with E-state index in [1.807, 2.05) is 36.4 Å². The molecule has 0 atom stereocenters. The van der Waals surface area contributed by atoms with Crippen molar-refractivity contribution in [1.82, 2.24) is 0 Å². The number of benzene rings is 3. The van der Waals surface area contributed by atoms with Crippen molar-refractivity contribution >= 4 is 23.2 Å². The minimum Gasteiger partial charge on any atom is -0.493 e. The van der Waals surface area contributed by atoms with Gasteiger partial charge in [-0.25, -0.2) is 0 Å². The molecular weight excluding hydrogens is 420 g/mol. The fraction of sp³-hybridized carbons (Fsp3) is 0.0769. The van der Waals surface area contributed by atoms with Gasteiger partial charge in [0.1, 0.15) is 0 Å². The van der Waals surface area contributed by atoms with Gasteiger partial charge in [0.05, 0.1) is 13.4 Å². The molecule has 0 bridgehead atoms. The molecule has 0 radical (unpaired) electrons. The van der Waals surface area contributed by atoms with Crippen molar-refractivity contribution in [2.75, 3.05) is 24.4 Å². The second-order valence-corrected chi connectivity index (χ2v) is 7.05. The first-order valence-electron chi connectivity index (χ1n) is 10.2. The highest BCUT2D eigenvalue weighted by atomic mass is 16.5. The highest BCUT2D eigenvalue weighted by Gasteiger charge is 2.17. The van der Waals surface area contributed by atoms with Crippen LogP contribution in [0.1, 0.15) is 10.6 Å². The van der Waals surface area contributed by atoms with Crippen LogP contribution in [-0.2, 0) is 4.79 Å². The topological polar surface area (TPSA) is 89.8 Å². The van der Waals surface area contributed by atoms with Crippen molar-refractivity contribution in [2.24, 2.45) is 0 Å². The van der Waals surface area contributed by atoms with Crippen LogP contribution in [0.3, 0.4) is 0 Å². The molecule has 7 heteroatoms. The zero-order valence-electron chi connectivity index (χ0n) is 17.9. The molecule has 1 aromatic heterocycles. The average Bonchev–Trinajstić information content (AvgIpc) is 3.34. The van der Waals surface area contributed by atoms with E-state index in [0.29, 0.717) is 28.4 Å². The second-order valence-electron chi connectivity index (χ2n) is 7.05. The quantitative estimate of drug-likeness (QED) is 0.390. The lowest BCUT2D eigenvalue weighted by atomic mass is 10.1. The van der Waals surface area contributed by atoms with Crippen LogP contribution in [0.25, 0.3) is 11.1 Å². The molecule has 4 rings (SSSR count). The number of furan rings is 1. The number of rotatable bonds is 8. The van der Waals surface area contributed by atoms with E-state index in [0.717, 1.165) is 5.56 Å². The number of anilines is 2. The van der Waals surface area contributed by atoms with E-state index in [1.165, 1.54) is 13.4 Å². The van der Waals surface area contributed by atoms with Crippen molar-refractivity contribution in [3.8, 4) is 22.6 Å². The highest BCUT2D eigenvalue weighted by Crippen LogP contribution is 2.27. The van der Waals surface area contributed by atoms with Gasteiger partial charge in [0.25, 0.3) is 11.8 Å². The van der Waals surface area contributed by atoms with E-state index in [2.05, 4.69) is 10.6 Å². The van der Waals surface area contributed by atoms with Crippen molar-refractivity contribution in [2.45, 2.75) is 0 Å². The average molecular weight is 442 g/mol. The summed E-state index contributed by atoms with van der Waals surface area (Å²) in [5, 5.41) is 5.57. The smallest absolute Gasteiger partial charge is 0.292 e. The zero-order valence-corrected chi connectivity index (χ0v) is 17.9. The maximum atomic E-state index is 12.8. The number of methoxy groups -OCH3 is 1. The molecule has 2 amide bonds. The first-order valence-corrected chi connectivity index (χ1v) is 10.2. The number of carbonyl (C=O) groups excluding carboxylic acids is 2. The van der Waals surface area contributed by atoms with E-state index in [1.54, 1.807) is 48.5 Å². The molecule has 4 aromatic rings. The Kier molecular flexibility index (Phi) is 6.70. The summed E-state index contributed by atoms with van der Waals surface area (Å²) >= 11 is 0. The molecule has 3 aromatic carbocycles. The van der Waals surface area contributed by atoms with Gasteiger partial charge >= 0.3 is 0 Å². The van der Waals surface area contributed by atoms with E-state index in [-0.39, 0.29) is 24.2 Å². The number of carbonyl (C=O) groups is 2. The van der Waals surface area contributed by atoms with Gasteiger partial charge in [-0.05, 0) is 42.0 Å². The van der Waals surface area contributed by atoms with E-state index >= 15 is 0 Å². The first kappa shape index (κ1) is 21.7. The van der Waals surface area contributed by atoms with Gasteiger partial charge in [0.15, 0.2) is 23.9 Å². The second kappa shape index (κ2) is 10.2. The lowest BCUT2D eigenvalue weighted by molar-refractivity contribution is -0.118. The molecule has 0 aliphatic heterocycles. The highest BCUT2D eigenvalue weighted by molar-refractivity contribution is 6.07. The lowest BCUT2D eigenvalue weighted by Crippen LogP contribution is -2.20. The van der Waals surface area contributed by atoms with Crippen LogP contribution in [0.5, 0.6) is 11.5 Å². The van der Waals surface area contributed by atoms with E-state index in [4.69, 9.17) is 13.9 Å². The van der Waals surface area contributed by atoms with Crippen LogP contribution in [0, 0.1) is 0 Å². The number of para-hydroxylation sites is 2. The molecule has 0 unspecified atom stereocenters. The molecule has 2 N–H and O–H groups in total. The predicted octanol–water partition coefficient (Wildman–Crippen LogP) is 5.23. The van der Waals surface area contributed by atoms with Crippen LogP contribution in [-0.4, -0.2) is 25.5 Å². The van der Waals surface area contributed by atoms with Gasteiger partial charge in [-0.2, -0.15) is 0 Å². The summed E-state index contributed by atoms with van der Waals surface area (Å²) in [5.41, 5.74) is 2.61. The molecule has 1 heterocycles. The van der Waals surface area contributed by atoms with Gasteiger partial charge in [-0.3, -0.25) is 9.59 Å². The van der Waals surface area contributed by atoms with Crippen LogP contribution in [0.4, 0.5) is 11.4 Å². The maximum Gasteiger partial charge on any atom is 0.292 e. The Morgan fingerprint density at radius 2 is 1.52 bits per heavy atom. The Balaban J connectivity index is 1.39. The lowest BCUT2D eigenvalue weighted by Gasteiger charge is -2.11. The Labute approximate surface area is 191 Å². The van der Waals surface area contributed by atoms with Gasteiger partial charge in [0, 0.05) is 16.9 Å². The minimum atomic E-state index is -0.387. The molecule has 33 heavy (non-hydrogen) atoms. The van der Waals surface area contributed by atoms with Crippen molar-refractivity contribution in [3.63, 3.8) is 0 Å². The Hall–Kier alpha value is -4.52. The Bertz CT molecular complexity index is 1250. The van der Waals surface area contributed by atoms with Crippen molar-refractivity contribution < 1.29 is 23.5 Å². The van der Waals surface area contributed by atoms with Crippen LogP contribution < -0.4 is 20.1 Å². The summed E-state index contributed by atoms with van der Waals surface area (Å²) in [5.74, 6) is 0.496. The van der Waals surface area contributed by atoms with Gasteiger partial charge < -0.3 is 24.5 Å². The predicted molar refractivity (Wildman–Crippen MR) is 126 cm³/mol. The van der Waals surface area contributed by atoms with E-state index < -0.39 is 0 Å². The monoisotopic (exact) mass is 442 g/mol. The van der Waals surface area contributed by atoms with Crippen LogP contribution in [0.2, 0.25) is 0 Å². The fourth-order valence-electron chi connectivity index (χ4n) is 3.27. The van der Waals surface area contributed by atoms with Gasteiger partial charge in [-0.1, -0.05) is 48.5 Å². The molecule has 0 aliphatic carbocycles. The molecule has 0 spiro atoms. The fourth-order valence-corrected chi connectivity index (χ4v) is 3.27. The molecule has 166 valence electrons. The maximum absolute atomic E-state index is 12.8. The van der Waals surface area contributed by atoms with Gasteiger partial charge in [0.2, 0.25) is 0 Å². The van der Waals surface area contributed by atoms with Crippen molar-refractivity contribution in [1.29, 1.82) is 0 Å². The third-order valence-corrected chi connectivity index (χ3v) is 4.79. The summed E-state index contributed by atoms with van der Waals surface area (Å²) in [4.78, 5) is 25.1. The standard InChI is InChI=1S/C26H22N2O5/c1-31-22-12-5-6-13-23(22)33-17-24(29)27-19-10-7-11-20(16-19)28-26(30)25-21(14-15-32-25)18-8-3-2-4-9-18/h2-16H,17H2,1H3,(H,27,29)(H,28,30). The minimum absolute atomic E-state index is 0.191. The third kappa shape index (κ3) is 5.40. The summed E-state index contributed by atoms with van der Waals surface area (Å²) in [6.45, 7) is -0.191. The number of nitrogens with one attached hydrogen (secondary N) is 2. The van der Waals surface area contributed by atoms with Crippen LogP contribution >= 0.6 is 0 Å². The largest absolute Gasteiger partial charge is 0.493 e. The molecule has 7 nitrogen and oxygen atoms in total. The zero-order chi connectivity index (χ0) is 23.0. The summed E-state index contributed by atoms with van der Waals surface area (Å²) in [7, 11) is 1.54. The van der Waals surface area contributed by atoms with Crippen molar-refractivity contribution in [3.05, 3.63) is 97.0 Å². The molecule has 0 fully saturated rings. The molecule has 0 aliphatic rings. The van der Waals surface area contributed by atoms with Crippen LogP contribution in [0.15, 0.2) is 95.6 Å². The van der Waals surface area contributed by atoms with E-state index in [9.17, 15) is 9.59 Å². The number of hydrogen-bond donors (Lipinski definition) is 2. The molecule has 0 saturated heterocycles. The SMILES string of the molecule is COc1ccccc1OCC(=O)Nc1cccc(NC(=O)c2occc2-c2ccccc2)c1. The normalized spacial score (nSPS) is 10.3. The summed E-state index contributed by atoms with van der Waals surface area (Å²) in [6.07, 6.45) is 1.48. The third-order valence-electron chi connectivity index (χ3n) is 4.79. The summed E-state index contributed by atoms with van der Waals surface area (Å²) < 4.78 is 16.2. The first-order chi connectivity index (χ1) is 16.1. The molecular formula is C26H22N2O5. The Morgan fingerprint density at radius 1 is 0.818 bits per heavy atom. The number of ether oxygens (including phenoxy) is 2. The summed E-state index contributed by atoms with van der Waals surface area (Å²) in [6, 6.07) is 25.2. The number of amides is 2. The van der Waals surface area contributed by atoms with Gasteiger partial charge in [-0.15, -0.1) is 0 Å². The number of hydrogen-bond acceptors (Lipinski definition) is 5. The Morgan fingerprint density at radius 3 is 2.27 bits per heavy atom.